The topological polar surface area (TPSA) is 72.2 Å². The van der Waals surface area contributed by atoms with Crippen LogP contribution in [0.15, 0.2) is 24.9 Å². The molecule has 1 aliphatic rings. The van der Waals surface area contributed by atoms with Crippen LogP contribution in [0, 0.1) is 12.8 Å². The lowest BCUT2D eigenvalue weighted by Crippen LogP contribution is -2.43. The Bertz CT molecular complexity index is 784. The molecule has 0 aromatic carbocycles. The summed E-state index contributed by atoms with van der Waals surface area (Å²) >= 11 is 0. The number of ketones is 1. The fraction of sp³-hybridized carbons (Fsp3) is 0.526. The van der Waals surface area contributed by atoms with E-state index in [1.54, 1.807) is 14.0 Å². The molecule has 2 aromatic rings. The van der Waals surface area contributed by atoms with Gasteiger partial charge in [-0.15, -0.1) is 0 Å². The Morgan fingerprint density at radius 1 is 1.27 bits per heavy atom. The van der Waals surface area contributed by atoms with Gasteiger partial charge in [-0.1, -0.05) is 0 Å². The van der Waals surface area contributed by atoms with Crippen molar-refractivity contribution in [3.05, 3.63) is 41.7 Å². The molecule has 2 amide bonds. The van der Waals surface area contributed by atoms with E-state index in [1.165, 1.54) is 0 Å². The third kappa shape index (κ3) is 3.98. The number of urea groups is 1. The van der Waals surface area contributed by atoms with Crippen LogP contribution in [-0.2, 0) is 13.1 Å². The molecule has 3 rings (SSSR count). The van der Waals surface area contributed by atoms with Gasteiger partial charge in [-0.25, -0.2) is 9.78 Å². The Kier molecular flexibility index (Phi) is 5.44. The van der Waals surface area contributed by atoms with Crippen LogP contribution in [-0.4, -0.2) is 51.0 Å². The van der Waals surface area contributed by atoms with Gasteiger partial charge in [0.15, 0.2) is 5.78 Å². The summed E-state index contributed by atoms with van der Waals surface area (Å²) in [7, 11) is 1.67. The predicted octanol–water partition coefficient (Wildman–Crippen LogP) is 2.30. The van der Waals surface area contributed by atoms with Crippen LogP contribution in [0.1, 0.15) is 41.4 Å². The second kappa shape index (κ2) is 7.76. The van der Waals surface area contributed by atoms with Crippen molar-refractivity contribution in [2.75, 3.05) is 20.1 Å². The summed E-state index contributed by atoms with van der Waals surface area (Å²) in [6, 6.07) is 0.0102. The third-order valence-corrected chi connectivity index (χ3v) is 5.17. The van der Waals surface area contributed by atoms with Gasteiger partial charge in [-0.2, -0.15) is 0 Å². The van der Waals surface area contributed by atoms with Crippen LogP contribution in [0.2, 0.25) is 0 Å². The number of nitrogens with one attached hydrogen (secondary N) is 1. The molecule has 0 spiro atoms. The molecule has 7 heteroatoms. The number of hydrogen-bond donors (Lipinski definition) is 1. The first-order chi connectivity index (χ1) is 12.5. The van der Waals surface area contributed by atoms with Gasteiger partial charge < -0.3 is 19.4 Å². The molecule has 1 N–H and O–H groups in total. The molecular weight excluding hydrogens is 330 g/mol. The lowest BCUT2D eigenvalue weighted by Gasteiger charge is -2.32. The van der Waals surface area contributed by atoms with E-state index in [0.717, 1.165) is 49.3 Å². The number of hydrogen-bond acceptors (Lipinski definition) is 3. The molecule has 2 aromatic heterocycles. The first-order valence-corrected chi connectivity index (χ1v) is 9.11. The Morgan fingerprint density at radius 3 is 2.62 bits per heavy atom. The van der Waals surface area contributed by atoms with Gasteiger partial charge in [0.2, 0.25) is 0 Å². The number of amides is 2. The summed E-state index contributed by atoms with van der Waals surface area (Å²) in [5.74, 6) is 0.640. The van der Waals surface area contributed by atoms with E-state index in [2.05, 4.69) is 14.9 Å². The molecule has 1 fully saturated rings. The second-order valence-corrected chi connectivity index (χ2v) is 7.11. The van der Waals surface area contributed by atoms with Crippen LogP contribution in [0.5, 0.6) is 0 Å². The van der Waals surface area contributed by atoms with Gasteiger partial charge in [0.25, 0.3) is 0 Å². The first-order valence-electron chi connectivity index (χ1n) is 9.11. The SMILES string of the molecule is CNC(=O)N1CCC(Cn2cncc2Cn2cc(C)c(C(C)=O)c2)CC1. The Balaban J connectivity index is 1.62. The highest BCUT2D eigenvalue weighted by molar-refractivity contribution is 5.95. The van der Waals surface area contributed by atoms with Gasteiger partial charge in [-0.3, -0.25) is 4.79 Å². The highest BCUT2D eigenvalue weighted by Gasteiger charge is 2.22. The fourth-order valence-electron chi connectivity index (χ4n) is 3.67. The number of piperidine rings is 1. The minimum absolute atomic E-state index is 0.0102. The van der Waals surface area contributed by atoms with Crippen LogP contribution >= 0.6 is 0 Å². The maximum Gasteiger partial charge on any atom is 0.317 e. The van der Waals surface area contributed by atoms with Crippen molar-refractivity contribution in [2.24, 2.45) is 5.92 Å². The minimum atomic E-state index is 0.0102. The number of aryl methyl sites for hydroxylation is 1. The summed E-state index contributed by atoms with van der Waals surface area (Å²) in [5, 5.41) is 2.69. The average molecular weight is 357 g/mol. The highest BCUT2D eigenvalue weighted by atomic mass is 16.2. The molecule has 1 saturated heterocycles. The fourth-order valence-corrected chi connectivity index (χ4v) is 3.67. The summed E-state index contributed by atoms with van der Waals surface area (Å²) in [4.78, 5) is 29.5. The molecular formula is C19H27N5O2. The summed E-state index contributed by atoms with van der Waals surface area (Å²) in [6.45, 7) is 6.77. The Hall–Kier alpha value is -2.57. The smallest absolute Gasteiger partial charge is 0.317 e. The highest BCUT2D eigenvalue weighted by Crippen LogP contribution is 2.20. The number of carbonyl (C=O) groups excluding carboxylic acids is 2. The molecule has 7 nitrogen and oxygen atoms in total. The van der Waals surface area contributed by atoms with Crippen molar-refractivity contribution in [1.29, 1.82) is 0 Å². The van der Waals surface area contributed by atoms with E-state index in [0.29, 0.717) is 12.5 Å². The Labute approximate surface area is 154 Å². The lowest BCUT2D eigenvalue weighted by molar-refractivity contribution is 0.101. The van der Waals surface area contributed by atoms with Crippen molar-refractivity contribution in [3.8, 4) is 0 Å². The molecule has 26 heavy (non-hydrogen) atoms. The van der Waals surface area contributed by atoms with Gasteiger partial charge in [0.1, 0.15) is 0 Å². The van der Waals surface area contributed by atoms with Gasteiger partial charge >= 0.3 is 6.03 Å². The molecule has 0 radical (unpaired) electrons. The zero-order valence-corrected chi connectivity index (χ0v) is 15.7. The molecule has 1 aliphatic heterocycles. The van der Waals surface area contributed by atoms with Crippen LogP contribution in [0.4, 0.5) is 4.79 Å². The number of nitrogens with zero attached hydrogens (tertiary/aromatic N) is 4. The predicted molar refractivity (Wildman–Crippen MR) is 99.3 cm³/mol. The van der Waals surface area contributed by atoms with Crippen molar-refractivity contribution < 1.29 is 9.59 Å². The number of imidazole rings is 1. The van der Waals surface area contributed by atoms with Crippen molar-refractivity contribution in [3.63, 3.8) is 0 Å². The normalized spacial score (nSPS) is 15.3. The molecule has 140 valence electrons. The maximum atomic E-state index is 11.7. The molecule has 3 heterocycles. The number of likely N-dealkylation sites (tertiary alicyclic amines) is 1. The second-order valence-electron chi connectivity index (χ2n) is 7.11. The van der Waals surface area contributed by atoms with Crippen molar-refractivity contribution >= 4 is 11.8 Å². The van der Waals surface area contributed by atoms with Gasteiger partial charge in [0.05, 0.1) is 18.6 Å². The standard InChI is InChI=1S/C19H27N5O2/c1-14-9-22(12-18(14)15(2)25)11-17-8-21-13-24(17)10-16-4-6-23(7-5-16)19(26)20-3/h8-9,12-13,16H,4-7,10-11H2,1-3H3,(H,20,26). The maximum absolute atomic E-state index is 11.7. The quantitative estimate of drug-likeness (QED) is 0.835. The lowest BCUT2D eigenvalue weighted by atomic mass is 9.97. The molecule has 0 atom stereocenters. The number of Topliss-reactive ketones (excluding diaryl/α,β-unsaturated/α-hetero) is 1. The van der Waals surface area contributed by atoms with E-state index in [-0.39, 0.29) is 11.8 Å². The van der Waals surface area contributed by atoms with E-state index < -0.39 is 0 Å². The van der Waals surface area contributed by atoms with Gasteiger partial charge in [0, 0.05) is 50.8 Å². The summed E-state index contributed by atoms with van der Waals surface area (Å²) < 4.78 is 4.25. The largest absolute Gasteiger partial charge is 0.347 e. The van der Waals surface area contributed by atoms with E-state index in [4.69, 9.17) is 0 Å². The van der Waals surface area contributed by atoms with Crippen LogP contribution < -0.4 is 5.32 Å². The Morgan fingerprint density at radius 2 is 2.00 bits per heavy atom. The third-order valence-electron chi connectivity index (χ3n) is 5.17. The monoisotopic (exact) mass is 357 g/mol. The number of carbonyl (C=O) groups is 2. The summed E-state index contributed by atoms with van der Waals surface area (Å²) in [6.07, 6.45) is 9.70. The van der Waals surface area contributed by atoms with E-state index in [1.807, 2.05) is 41.3 Å². The minimum Gasteiger partial charge on any atom is -0.347 e. The van der Waals surface area contributed by atoms with E-state index >= 15 is 0 Å². The van der Waals surface area contributed by atoms with Crippen LogP contribution in [0.25, 0.3) is 0 Å². The van der Waals surface area contributed by atoms with E-state index in [9.17, 15) is 9.59 Å². The average Bonchev–Trinajstić information content (AvgIpc) is 3.21. The zero-order chi connectivity index (χ0) is 18.7. The number of rotatable bonds is 5. The molecule has 0 unspecified atom stereocenters. The molecule has 0 bridgehead atoms. The van der Waals surface area contributed by atoms with Crippen LogP contribution in [0.3, 0.4) is 0 Å². The molecule has 0 saturated carbocycles. The molecule has 0 aliphatic carbocycles. The van der Waals surface area contributed by atoms with Crippen molar-refractivity contribution in [1.82, 2.24) is 24.3 Å². The zero-order valence-electron chi connectivity index (χ0n) is 15.7. The first kappa shape index (κ1) is 18.2. The van der Waals surface area contributed by atoms with Gasteiger partial charge in [-0.05, 0) is 38.2 Å². The summed E-state index contributed by atoms with van der Waals surface area (Å²) in [5.41, 5.74) is 2.91. The van der Waals surface area contributed by atoms with Crippen molar-refractivity contribution in [2.45, 2.75) is 39.8 Å². The number of aromatic nitrogens is 3.